The SMILES string of the molecule is CN(Cc1ccncc1)c1nc(NN)ncc1Cl. The third-order valence-electron chi connectivity index (χ3n) is 2.39. The molecule has 0 atom stereocenters. The average molecular weight is 265 g/mol. The monoisotopic (exact) mass is 264 g/mol. The van der Waals surface area contributed by atoms with Crippen molar-refractivity contribution < 1.29 is 0 Å². The van der Waals surface area contributed by atoms with Crippen LogP contribution in [0.1, 0.15) is 5.56 Å². The molecule has 0 aliphatic heterocycles. The number of hydrazine groups is 1. The second-order valence-electron chi connectivity index (χ2n) is 3.72. The standard InChI is InChI=1S/C11H13ClN6/c1-18(7-8-2-4-14-5-3-8)10-9(12)6-15-11(16-10)17-13/h2-6H,7,13H2,1H3,(H,15,16,17). The minimum absolute atomic E-state index is 0.330. The molecule has 0 unspecified atom stereocenters. The second-order valence-corrected chi connectivity index (χ2v) is 4.13. The molecule has 0 fully saturated rings. The molecule has 0 bridgehead atoms. The number of aromatic nitrogens is 3. The minimum atomic E-state index is 0.330. The van der Waals surface area contributed by atoms with Crippen molar-refractivity contribution in [2.75, 3.05) is 17.4 Å². The van der Waals surface area contributed by atoms with Gasteiger partial charge in [-0.25, -0.2) is 10.8 Å². The summed E-state index contributed by atoms with van der Waals surface area (Å²) in [5.74, 6) is 6.23. The van der Waals surface area contributed by atoms with E-state index >= 15 is 0 Å². The van der Waals surface area contributed by atoms with Gasteiger partial charge in [-0.1, -0.05) is 11.6 Å². The Morgan fingerprint density at radius 2 is 2.11 bits per heavy atom. The van der Waals surface area contributed by atoms with Gasteiger partial charge in [0.25, 0.3) is 0 Å². The van der Waals surface area contributed by atoms with Crippen molar-refractivity contribution in [3.05, 3.63) is 41.3 Å². The summed E-state index contributed by atoms with van der Waals surface area (Å²) in [6, 6.07) is 3.88. The Kier molecular flexibility index (Phi) is 3.91. The first-order chi connectivity index (χ1) is 8.70. The number of nitrogens with one attached hydrogen (secondary N) is 1. The highest BCUT2D eigenvalue weighted by atomic mass is 35.5. The summed E-state index contributed by atoms with van der Waals surface area (Å²) in [4.78, 5) is 14.0. The van der Waals surface area contributed by atoms with Crippen molar-refractivity contribution in [2.45, 2.75) is 6.54 Å². The van der Waals surface area contributed by atoms with Gasteiger partial charge in [-0.3, -0.25) is 10.4 Å². The van der Waals surface area contributed by atoms with Crippen molar-refractivity contribution >= 4 is 23.4 Å². The predicted octanol–water partition coefficient (Wildman–Crippen LogP) is 1.45. The minimum Gasteiger partial charge on any atom is -0.354 e. The summed E-state index contributed by atoms with van der Waals surface area (Å²) in [5.41, 5.74) is 3.51. The van der Waals surface area contributed by atoms with Crippen LogP contribution in [-0.4, -0.2) is 22.0 Å². The van der Waals surface area contributed by atoms with Gasteiger partial charge in [0.1, 0.15) is 5.02 Å². The van der Waals surface area contributed by atoms with Crippen LogP contribution in [-0.2, 0) is 6.54 Å². The molecule has 0 amide bonds. The summed E-state index contributed by atoms with van der Waals surface area (Å²) in [7, 11) is 1.90. The van der Waals surface area contributed by atoms with Crippen molar-refractivity contribution in [1.29, 1.82) is 0 Å². The Bertz CT molecular complexity index is 518. The van der Waals surface area contributed by atoms with Gasteiger partial charge in [0, 0.05) is 26.0 Å². The molecule has 18 heavy (non-hydrogen) atoms. The fourth-order valence-electron chi connectivity index (χ4n) is 1.53. The van der Waals surface area contributed by atoms with Crippen LogP contribution in [0.15, 0.2) is 30.7 Å². The number of rotatable bonds is 4. The number of anilines is 2. The van der Waals surface area contributed by atoms with E-state index in [9.17, 15) is 0 Å². The lowest BCUT2D eigenvalue weighted by atomic mass is 10.2. The molecule has 2 aromatic rings. The largest absolute Gasteiger partial charge is 0.354 e. The van der Waals surface area contributed by atoms with E-state index in [2.05, 4.69) is 20.4 Å². The molecule has 0 aliphatic rings. The molecule has 0 spiro atoms. The Hall–Kier alpha value is -1.92. The highest BCUT2D eigenvalue weighted by Crippen LogP contribution is 2.23. The first-order valence-electron chi connectivity index (χ1n) is 5.30. The predicted molar refractivity (Wildman–Crippen MR) is 71.2 cm³/mol. The van der Waals surface area contributed by atoms with Crippen LogP contribution in [0.5, 0.6) is 0 Å². The van der Waals surface area contributed by atoms with Gasteiger partial charge in [0.05, 0.1) is 6.20 Å². The summed E-state index contributed by atoms with van der Waals surface area (Å²) < 4.78 is 0. The van der Waals surface area contributed by atoms with Crippen LogP contribution in [0.4, 0.5) is 11.8 Å². The molecular formula is C11H13ClN6. The zero-order valence-electron chi connectivity index (χ0n) is 9.84. The zero-order valence-corrected chi connectivity index (χ0v) is 10.6. The number of nitrogens with two attached hydrogens (primary N) is 1. The first kappa shape index (κ1) is 12.5. The normalized spacial score (nSPS) is 10.2. The van der Waals surface area contributed by atoms with E-state index in [0.29, 0.717) is 23.3 Å². The molecule has 0 aromatic carbocycles. The van der Waals surface area contributed by atoms with E-state index in [1.54, 1.807) is 12.4 Å². The van der Waals surface area contributed by atoms with E-state index in [1.807, 2.05) is 24.1 Å². The van der Waals surface area contributed by atoms with Crippen LogP contribution in [0, 0.1) is 0 Å². The summed E-state index contributed by atoms with van der Waals surface area (Å²) in [6.45, 7) is 0.670. The average Bonchev–Trinajstić information content (AvgIpc) is 2.40. The van der Waals surface area contributed by atoms with Crippen LogP contribution in [0.2, 0.25) is 5.02 Å². The lowest BCUT2D eigenvalue weighted by Gasteiger charge is -2.19. The van der Waals surface area contributed by atoms with E-state index in [-0.39, 0.29) is 0 Å². The Morgan fingerprint density at radius 3 is 2.78 bits per heavy atom. The molecule has 6 nitrogen and oxygen atoms in total. The van der Waals surface area contributed by atoms with E-state index in [1.165, 1.54) is 6.20 Å². The van der Waals surface area contributed by atoms with Crippen molar-refractivity contribution in [3.8, 4) is 0 Å². The maximum absolute atomic E-state index is 6.07. The molecule has 0 radical (unpaired) electrons. The number of nitrogen functional groups attached to an aromatic ring is 1. The Labute approximate surface area is 110 Å². The fourth-order valence-corrected chi connectivity index (χ4v) is 1.77. The molecule has 0 saturated heterocycles. The number of halogens is 1. The zero-order chi connectivity index (χ0) is 13.0. The molecule has 2 heterocycles. The topological polar surface area (TPSA) is 80.0 Å². The van der Waals surface area contributed by atoms with Gasteiger partial charge >= 0.3 is 0 Å². The number of nitrogens with zero attached hydrogens (tertiary/aromatic N) is 4. The molecule has 2 aromatic heterocycles. The summed E-state index contributed by atoms with van der Waals surface area (Å²) in [5, 5.41) is 0.477. The van der Waals surface area contributed by atoms with Gasteiger partial charge in [-0.05, 0) is 17.7 Å². The number of hydrogen-bond acceptors (Lipinski definition) is 6. The van der Waals surface area contributed by atoms with Crippen LogP contribution in [0.3, 0.4) is 0 Å². The van der Waals surface area contributed by atoms with Crippen molar-refractivity contribution in [1.82, 2.24) is 15.0 Å². The Morgan fingerprint density at radius 1 is 1.39 bits per heavy atom. The number of hydrogen-bond donors (Lipinski definition) is 2. The number of pyridine rings is 1. The van der Waals surface area contributed by atoms with Gasteiger partial charge in [0.15, 0.2) is 5.82 Å². The second kappa shape index (κ2) is 5.61. The Balaban J connectivity index is 2.20. The third-order valence-corrected chi connectivity index (χ3v) is 2.65. The molecule has 0 saturated carbocycles. The molecular weight excluding hydrogens is 252 g/mol. The van der Waals surface area contributed by atoms with E-state index in [4.69, 9.17) is 17.4 Å². The fraction of sp³-hybridized carbons (Fsp3) is 0.182. The van der Waals surface area contributed by atoms with Crippen molar-refractivity contribution in [2.24, 2.45) is 5.84 Å². The quantitative estimate of drug-likeness (QED) is 0.643. The van der Waals surface area contributed by atoms with E-state index < -0.39 is 0 Å². The summed E-state index contributed by atoms with van der Waals surface area (Å²) in [6.07, 6.45) is 5.01. The molecule has 3 N–H and O–H groups in total. The maximum atomic E-state index is 6.07. The van der Waals surface area contributed by atoms with E-state index in [0.717, 1.165) is 5.56 Å². The molecule has 7 heteroatoms. The summed E-state index contributed by atoms with van der Waals surface area (Å²) >= 11 is 6.07. The first-order valence-corrected chi connectivity index (χ1v) is 5.67. The van der Waals surface area contributed by atoms with Crippen molar-refractivity contribution in [3.63, 3.8) is 0 Å². The molecule has 2 rings (SSSR count). The smallest absolute Gasteiger partial charge is 0.239 e. The van der Waals surface area contributed by atoms with Gasteiger partial charge < -0.3 is 4.90 Å². The lowest BCUT2D eigenvalue weighted by molar-refractivity contribution is 0.888. The van der Waals surface area contributed by atoms with Gasteiger partial charge in [0.2, 0.25) is 5.95 Å². The highest BCUT2D eigenvalue weighted by Gasteiger charge is 2.10. The van der Waals surface area contributed by atoms with Gasteiger partial charge in [-0.2, -0.15) is 4.98 Å². The lowest BCUT2D eigenvalue weighted by Crippen LogP contribution is -2.20. The van der Waals surface area contributed by atoms with Crippen LogP contribution in [0.25, 0.3) is 0 Å². The van der Waals surface area contributed by atoms with Crippen LogP contribution >= 0.6 is 11.6 Å². The third kappa shape index (κ3) is 2.85. The van der Waals surface area contributed by atoms with Crippen LogP contribution < -0.4 is 16.2 Å². The molecule has 0 aliphatic carbocycles. The van der Waals surface area contributed by atoms with Gasteiger partial charge in [-0.15, -0.1) is 0 Å². The molecule has 94 valence electrons. The maximum Gasteiger partial charge on any atom is 0.239 e. The highest BCUT2D eigenvalue weighted by molar-refractivity contribution is 6.32.